The highest BCUT2D eigenvalue weighted by Crippen LogP contribution is 2.37. The summed E-state index contributed by atoms with van der Waals surface area (Å²) in [7, 11) is 0. The van der Waals surface area contributed by atoms with E-state index in [0.29, 0.717) is 5.69 Å². The van der Waals surface area contributed by atoms with Gasteiger partial charge in [-0.1, -0.05) is 6.07 Å². The van der Waals surface area contributed by atoms with Gasteiger partial charge in [0.2, 0.25) is 0 Å². The molecule has 152 valence electrons. The number of hydrogen-bond acceptors (Lipinski definition) is 9. The van der Waals surface area contributed by atoms with Gasteiger partial charge in [0, 0.05) is 12.3 Å². The van der Waals surface area contributed by atoms with E-state index in [1.54, 1.807) is 12.1 Å². The number of phenols is 1. The summed E-state index contributed by atoms with van der Waals surface area (Å²) in [5.41, 5.74) is -1.56. The fraction of sp³-hybridized carbons (Fsp3) is 0.421. The number of nitrogens with zero attached hydrogens (tertiary/aromatic N) is 1. The second kappa shape index (κ2) is 8.00. The Hall–Kier alpha value is -2.27. The molecule has 1 aliphatic heterocycles. The van der Waals surface area contributed by atoms with Crippen molar-refractivity contribution in [1.82, 2.24) is 0 Å². The minimum Gasteiger partial charge on any atom is -0.508 e. The molecular weight excluding hydrogens is 370 g/mol. The molecule has 7 atom stereocenters. The fourth-order valence-corrected chi connectivity index (χ4v) is 3.37. The Morgan fingerprint density at radius 1 is 1.11 bits per heavy atom. The van der Waals surface area contributed by atoms with E-state index in [-0.39, 0.29) is 11.5 Å². The Labute approximate surface area is 160 Å². The summed E-state index contributed by atoms with van der Waals surface area (Å²) in [6.07, 6.45) is -2.50. The molecule has 0 saturated carbocycles. The molecule has 2 aliphatic rings. The first-order valence-corrected chi connectivity index (χ1v) is 8.72. The average Bonchev–Trinajstić information content (AvgIpc) is 2.67. The number of hydrogen-bond donors (Lipinski definition) is 7. The normalized spacial score (nSPS) is 38.5. The average molecular weight is 393 g/mol. The largest absolute Gasteiger partial charge is 0.508 e. The smallest absolute Gasteiger partial charge is 0.123 e. The van der Waals surface area contributed by atoms with Gasteiger partial charge in [-0.25, -0.2) is 0 Å². The van der Waals surface area contributed by atoms with Crippen molar-refractivity contribution in [3.8, 4) is 5.75 Å². The van der Waals surface area contributed by atoms with Crippen LogP contribution in [0.15, 0.2) is 53.2 Å². The van der Waals surface area contributed by atoms with Crippen molar-refractivity contribution in [2.24, 2.45) is 10.9 Å². The van der Waals surface area contributed by atoms with Gasteiger partial charge < -0.3 is 40.5 Å². The zero-order valence-electron chi connectivity index (χ0n) is 14.8. The number of ether oxygens (including phenoxy) is 1. The maximum Gasteiger partial charge on any atom is 0.123 e. The third-order valence-corrected chi connectivity index (χ3v) is 4.97. The Morgan fingerprint density at radius 3 is 2.54 bits per heavy atom. The second-order valence-electron chi connectivity index (χ2n) is 6.89. The van der Waals surface area contributed by atoms with Gasteiger partial charge in [-0.2, -0.15) is 0 Å². The molecule has 1 aromatic rings. The molecule has 3 rings (SSSR count). The molecule has 7 N–H and O–H groups in total. The summed E-state index contributed by atoms with van der Waals surface area (Å²) in [6.45, 7) is -0.635. The van der Waals surface area contributed by atoms with Crippen LogP contribution in [0.2, 0.25) is 0 Å². The van der Waals surface area contributed by atoms with E-state index in [2.05, 4.69) is 4.99 Å². The lowest BCUT2D eigenvalue weighted by atomic mass is 9.75. The summed E-state index contributed by atoms with van der Waals surface area (Å²) in [5.74, 6) is -1.14. The molecule has 28 heavy (non-hydrogen) atoms. The molecule has 0 radical (unpaired) electrons. The number of aliphatic hydroxyl groups excluding tert-OH is 5. The molecule has 1 aliphatic carbocycles. The topological polar surface area (TPSA) is 163 Å². The van der Waals surface area contributed by atoms with Crippen molar-refractivity contribution >= 4 is 11.9 Å². The minimum atomic E-state index is -1.94. The van der Waals surface area contributed by atoms with Gasteiger partial charge in [0.15, 0.2) is 0 Å². The molecule has 1 saturated heterocycles. The van der Waals surface area contributed by atoms with E-state index in [4.69, 9.17) is 4.74 Å². The van der Waals surface area contributed by atoms with Crippen LogP contribution in [0, 0.1) is 5.92 Å². The maximum absolute atomic E-state index is 11.3. The van der Waals surface area contributed by atoms with Crippen molar-refractivity contribution in [2.45, 2.75) is 36.1 Å². The first-order valence-electron chi connectivity index (χ1n) is 8.72. The standard InChI is InChI=1S/C19H23NO8/c21-9-14-15(24)16(25)17(26)18(28-14)19(27)5-4-13(23)6-10(19)8-20-11-2-1-3-12(22)7-11/h1-8,10,14-18,21-27H,9H2/t10?,14-,15-,16+,17-,18-,19?/m1/s1. The van der Waals surface area contributed by atoms with Crippen LogP contribution in [0.5, 0.6) is 5.75 Å². The van der Waals surface area contributed by atoms with Crippen LogP contribution in [0.1, 0.15) is 0 Å². The molecule has 1 aromatic carbocycles. The molecular formula is C19H23NO8. The summed E-state index contributed by atoms with van der Waals surface area (Å²) in [4.78, 5) is 4.18. The molecule has 9 heteroatoms. The summed E-state index contributed by atoms with van der Waals surface area (Å²) in [6, 6.07) is 6.06. The first kappa shape index (κ1) is 20.5. The third-order valence-electron chi connectivity index (χ3n) is 4.97. The van der Waals surface area contributed by atoms with E-state index < -0.39 is 48.6 Å². The van der Waals surface area contributed by atoms with Crippen molar-refractivity contribution in [1.29, 1.82) is 0 Å². The number of phenolic OH excluding ortho intramolecular Hbond substituents is 1. The minimum absolute atomic E-state index is 0.000717. The van der Waals surface area contributed by atoms with E-state index >= 15 is 0 Å². The Morgan fingerprint density at radius 2 is 1.86 bits per heavy atom. The highest BCUT2D eigenvalue weighted by Gasteiger charge is 2.54. The maximum atomic E-state index is 11.3. The Bertz CT molecular complexity index is 792. The summed E-state index contributed by atoms with van der Waals surface area (Å²) >= 11 is 0. The monoisotopic (exact) mass is 393 g/mol. The number of allylic oxidation sites excluding steroid dienone is 1. The number of rotatable bonds is 4. The quantitative estimate of drug-likeness (QED) is 0.330. The lowest BCUT2D eigenvalue weighted by molar-refractivity contribution is -0.264. The Kier molecular flexibility index (Phi) is 5.84. The van der Waals surface area contributed by atoms with Gasteiger partial charge >= 0.3 is 0 Å². The van der Waals surface area contributed by atoms with Crippen molar-refractivity contribution < 1.29 is 40.5 Å². The van der Waals surface area contributed by atoms with Crippen LogP contribution in [0.3, 0.4) is 0 Å². The zero-order valence-corrected chi connectivity index (χ0v) is 14.8. The predicted molar refractivity (Wildman–Crippen MR) is 98.3 cm³/mol. The van der Waals surface area contributed by atoms with Crippen molar-refractivity contribution in [3.05, 3.63) is 48.3 Å². The number of benzene rings is 1. The first-order chi connectivity index (χ1) is 13.3. The van der Waals surface area contributed by atoms with E-state index in [0.717, 1.165) is 0 Å². The van der Waals surface area contributed by atoms with Crippen LogP contribution in [0.4, 0.5) is 5.69 Å². The second-order valence-corrected chi connectivity index (χ2v) is 6.89. The van der Waals surface area contributed by atoms with Crippen LogP contribution in [-0.2, 0) is 4.74 Å². The lowest BCUT2D eigenvalue weighted by Crippen LogP contribution is -2.66. The van der Waals surface area contributed by atoms with Crippen LogP contribution >= 0.6 is 0 Å². The molecule has 0 spiro atoms. The van der Waals surface area contributed by atoms with E-state index in [1.165, 1.54) is 36.6 Å². The molecule has 2 unspecified atom stereocenters. The molecule has 0 bridgehead atoms. The third kappa shape index (κ3) is 3.81. The van der Waals surface area contributed by atoms with Gasteiger partial charge in [0.25, 0.3) is 0 Å². The molecule has 9 nitrogen and oxygen atoms in total. The highest BCUT2D eigenvalue weighted by atomic mass is 16.6. The van der Waals surface area contributed by atoms with Crippen LogP contribution < -0.4 is 0 Å². The van der Waals surface area contributed by atoms with Gasteiger partial charge in [-0.3, -0.25) is 4.99 Å². The number of aromatic hydroxyl groups is 1. The highest BCUT2D eigenvalue weighted by molar-refractivity contribution is 5.71. The zero-order chi connectivity index (χ0) is 20.5. The molecule has 0 aromatic heterocycles. The number of aliphatic hydroxyl groups is 6. The molecule has 0 amide bonds. The molecule has 1 heterocycles. The van der Waals surface area contributed by atoms with E-state index in [9.17, 15) is 35.7 Å². The summed E-state index contributed by atoms with van der Waals surface area (Å²) in [5, 5.41) is 70.3. The van der Waals surface area contributed by atoms with Crippen LogP contribution in [-0.4, -0.2) is 84.7 Å². The fourth-order valence-electron chi connectivity index (χ4n) is 3.37. The number of aliphatic imine (C=N–C) groups is 1. The lowest BCUT2D eigenvalue weighted by Gasteiger charge is -2.48. The summed E-state index contributed by atoms with van der Waals surface area (Å²) < 4.78 is 5.49. The SMILES string of the molecule is OC[C@H]1O[C@@H](C2(O)C=CC(O)=CC2C=Nc2cccc(O)c2)[C@H](O)[C@@H](O)[C@@H]1O. The van der Waals surface area contributed by atoms with Crippen molar-refractivity contribution in [3.63, 3.8) is 0 Å². The van der Waals surface area contributed by atoms with Gasteiger partial charge in [-0.05, 0) is 30.4 Å². The van der Waals surface area contributed by atoms with Gasteiger partial charge in [0.05, 0.1) is 18.2 Å². The van der Waals surface area contributed by atoms with E-state index in [1.807, 2.05) is 0 Å². The molecule has 1 fully saturated rings. The van der Waals surface area contributed by atoms with Crippen LogP contribution in [0.25, 0.3) is 0 Å². The predicted octanol–water partition coefficient (Wildman–Crippen LogP) is -0.704. The Balaban J connectivity index is 1.93. The van der Waals surface area contributed by atoms with Crippen molar-refractivity contribution in [2.75, 3.05) is 6.61 Å². The van der Waals surface area contributed by atoms with Gasteiger partial charge in [0.1, 0.15) is 47.6 Å². The van der Waals surface area contributed by atoms with Gasteiger partial charge in [-0.15, -0.1) is 0 Å².